The normalized spacial score (nSPS) is 10.9. The number of nitrogens with zero attached hydrogens (tertiary/aromatic N) is 2. The molecule has 0 radical (unpaired) electrons. The molecule has 0 unspecified atom stereocenters. The van der Waals surface area contributed by atoms with Crippen molar-refractivity contribution in [3.8, 4) is 17.1 Å². The van der Waals surface area contributed by atoms with Crippen LogP contribution in [0.1, 0.15) is 0 Å². The zero-order valence-electron chi connectivity index (χ0n) is 12.0. The molecule has 0 atom stereocenters. The quantitative estimate of drug-likeness (QED) is 0.676. The fraction of sp³-hybridized carbons (Fsp3) is 0.118. The van der Waals surface area contributed by atoms with Crippen LogP contribution in [0.15, 0.2) is 49.1 Å². The average molecular weight is 300 g/mol. The summed E-state index contributed by atoms with van der Waals surface area (Å²) in [5.41, 5.74) is 1.58. The Bertz CT molecular complexity index is 855. The second-order valence-electron chi connectivity index (χ2n) is 4.81. The van der Waals surface area contributed by atoms with E-state index >= 15 is 0 Å². The Hall–Kier alpha value is -2.69. The summed E-state index contributed by atoms with van der Waals surface area (Å²) in [7, 11) is 1.56. The maximum atomic E-state index is 14.1. The average Bonchev–Trinajstić information content (AvgIpc) is 2.88. The monoisotopic (exact) mass is 300 g/mol. The molecule has 0 aliphatic carbocycles. The summed E-state index contributed by atoms with van der Waals surface area (Å²) in [6.07, 6.45) is 1.69. The van der Waals surface area contributed by atoms with Crippen molar-refractivity contribution < 1.29 is 13.5 Å². The molecule has 3 aromatic rings. The number of rotatable bonds is 4. The Morgan fingerprint density at radius 1 is 1.23 bits per heavy atom. The van der Waals surface area contributed by atoms with Gasteiger partial charge in [0.05, 0.1) is 23.7 Å². The van der Waals surface area contributed by atoms with Gasteiger partial charge in [0.1, 0.15) is 23.2 Å². The van der Waals surface area contributed by atoms with Crippen molar-refractivity contribution in [3.63, 3.8) is 0 Å². The van der Waals surface area contributed by atoms with Gasteiger partial charge in [-0.15, -0.1) is 6.58 Å². The van der Waals surface area contributed by atoms with E-state index in [2.05, 4.69) is 11.6 Å². The molecule has 0 saturated carbocycles. The van der Waals surface area contributed by atoms with Crippen molar-refractivity contribution in [3.05, 3.63) is 60.7 Å². The first kappa shape index (κ1) is 14.3. The summed E-state index contributed by atoms with van der Waals surface area (Å²) in [5, 5.41) is 0. The predicted molar refractivity (Wildman–Crippen MR) is 81.8 cm³/mol. The summed E-state index contributed by atoms with van der Waals surface area (Å²) in [4.78, 5) is 4.44. The van der Waals surface area contributed by atoms with Crippen molar-refractivity contribution >= 4 is 11.0 Å². The van der Waals surface area contributed by atoms with Gasteiger partial charge in [-0.05, 0) is 30.3 Å². The summed E-state index contributed by atoms with van der Waals surface area (Å²) in [6.45, 7) is 4.15. The highest BCUT2D eigenvalue weighted by molar-refractivity contribution is 5.82. The van der Waals surface area contributed by atoms with Crippen LogP contribution in [0.4, 0.5) is 8.78 Å². The van der Waals surface area contributed by atoms with Crippen LogP contribution >= 0.6 is 0 Å². The molecule has 1 aromatic heterocycles. The van der Waals surface area contributed by atoms with E-state index in [-0.39, 0.29) is 5.56 Å². The van der Waals surface area contributed by atoms with Gasteiger partial charge in [0.2, 0.25) is 0 Å². The van der Waals surface area contributed by atoms with Crippen LogP contribution in [0.5, 0.6) is 5.75 Å². The predicted octanol–water partition coefficient (Wildman–Crippen LogP) is 4.18. The number of aromatic nitrogens is 2. The second-order valence-corrected chi connectivity index (χ2v) is 4.81. The van der Waals surface area contributed by atoms with Crippen molar-refractivity contribution in [2.24, 2.45) is 0 Å². The van der Waals surface area contributed by atoms with Crippen molar-refractivity contribution in [2.75, 3.05) is 7.11 Å². The van der Waals surface area contributed by atoms with E-state index < -0.39 is 11.6 Å². The lowest BCUT2D eigenvalue weighted by atomic mass is 10.2. The van der Waals surface area contributed by atoms with Crippen LogP contribution in [0, 0.1) is 11.6 Å². The molecular formula is C17H14F2N2O. The maximum Gasteiger partial charge on any atom is 0.144 e. The largest absolute Gasteiger partial charge is 0.497 e. The number of allylic oxidation sites excluding steroid dienone is 1. The standard InChI is InChI=1S/C17H14F2N2O/c1-3-8-21-16-7-5-12(22-2)10-15(16)20-17(21)13-9-11(18)4-6-14(13)19/h3-7,9-10H,1,8H2,2H3. The minimum Gasteiger partial charge on any atom is -0.497 e. The fourth-order valence-corrected chi connectivity index (χ4v) is 2.42. The van der Waals surface area contributed by atoms with Gasteiger partial charge in [0.15, 0.2) is 0 Å². The highest BCUT2D eigenvalue weighted by Crippen LogP contribution is 2.29. The lowest BCUT2D eigenvalue weighted by Gasteiger charge is -2.07. The van der Waals surface area contributed by atoms with Gasteiger partial charge < -0.3 is 9.30 Å². The molecule has 0 bridgehead atoms. The Labute approximate surface area is 126 Å². The first-order valence-corrected chi connectivity index (χ1v) is 6.74. The van der Waals surface area contributed by atoms with E-state index in [1.807, 2.05) is 6.07 Å². The molecule has 0 spiro atoms. The molecule has 0 fully saturated rings. The molecule has 0 saturated heterocycles. The third-order valence-electron chi connectivity index (χ3n) is 3.44. The van der Waals surface area contributed by atoms with Gasteiger partial charge in [-0.1, -0.05) is 6.08 Å². The SMILES string of the molecule is C=CCn1c(-c2cc(F)ccc2F)nc2cc(OC)ccc21. The first-order chi connectivity index (χ1) is 10.6. The summed E-state index contributed by atoms with van der Waals surface area (Å²) < 4.78 is 34.5. The molecule has 3 rings (SSSR count). The summed E-state index contributed by atoms with van der Waals surface area (Å²) in [5.74, 6) is -0.0117. The molecule has 1 heterocycles. The molecule has 22 heavy (non-hydrogen) atoms. The molecular weight excluding hydrogens is 286 g/mol. The zero-order chi connectivity index (χ0) is 15.7. The number of hydrogen-bond acceptors (Lipinski definition) is 2. The van der Waals surface area contributed by atoms with Crippen LogP contribution in [0.2, 0.25) is 0 Å². The van der Waals surface area contributed by atoms with Gasteiger partial charge in [-0.3, -0.25) is 0 Å². The first-order valence-electron chi connectivity index (χ1n) is 6.74. The molecule has 0 aliphatic heterocycles. The van der Waals surface area contributed by atoms with Gasteiger partial charge in [0.25, 0.3) is 0 Å². The van der Waals surface area contributed by atoms with Gasteiger partial charge in [-0.2, -0.15) is 0 Å². The van der Waals surface area contributed by atoms with Crippen molar-refractivity contribution in [1.29, 1.82) is 0 Å². The summed E-state index contributed by atoms with van der Waals surface area (Å²) >= 11 is 0. The molecule has 5 heteroatoms. The van der Waals surface area contributed by atoms with Crippen molar-refractivity contribution in [1.82, 2.24) is 9.55 Å². The van der Waals surface area contributed by atoms with E-state index in [1.54, 1.807) is 29.9 Å². The number of imidazole rings is 1. The highest BCUT2D eigenvalue weighted by Gasteiger charge is 2.16. The topological polar surface area (TPSA) is 27.1 Å². The minimum atomic E-state index is -0.519. The molecule has 112 valence electrons. The van der Waals surface area contributed by atoms with Gasteiger partial charge >= 0.3 is 0 Å². The Morgan fingerprint density at radius 3 is 2.77 bits per heavy atom. The van der Waals surface area contributed by atoms with E-state index in [9.17, 15) is 8.78 Å². The number of fused-ring (bicyclic) bond motifs is 1. The van der Waals surface area contributed by atoms with Crippen LogP contribution in [0.3, 0.4) is 0 Å². The Balaban J connectivity index is 2.29. The second kappa shape index (κ2) is 5.60. The lowest BCUT2D eigenvalue weighted by molar-refractivity contribution is 0.415. The highest BCUT2D eigenvalue weighted by atomic mass is 19.1. The zero-order valence-corrected chi connectivity index (χ0v) is 12.0. The van der Waals surface area contributed by atoms with E-state index in [1.165, 1.54) is 0 Å². The van der Waals surface area contributed by atoms with Gasteiger partial charge in [0, 0.05) is 12.6 Å². The Morgan fingerprint density at radius 2 is 2.05 bits per heavy atom. The third kappa shape index (κ3) is 2.35. The van der Waals surface area contributed by atoms with Crippen LogP contribution in [-0.4, -0.2) is 16.7 Å². The lowest BCUT2D eigenvalue weighted by Crippen LogP contribution is -2.00. The van der Waals surface area contributed by atoms with E-state index in [4.69, 9.17) is 4.74 Å². The minimum absolute atomic E-state index is 0.122. The molecule has 0 aliphatic rings. The third-order valence-corrected chi connectivity index (χ3v) is 3.44. The van der Waals surface area contributed by atoms with Gasteiger partial charge in [-0.25, -0.2) is 13.8 Å². The summed E-state index contributed by atoms with van der Waals surface area (Å²) in [6, 6.07) is 8.73. The van der Waals surface area contributed by atoms with Crippen LogP contribution < -0.4 is 4.74 Å². The van der Waals surface area contributed by atoms with Crippen molar-refractivity contribution in [2.45, 2.75) is 6.54 Å². The number of ether oxygens (including phenoxy) is 1. The van der Waals surface area contributed by atoms with E-state index in [0.29, 0.717) is 23.6 Å². The maximum absolute atomic E-state index is 14.1. The number of benzene rings is 2. The van der Waals surface area contributed by atoms with E-state index in [0.717, 1.165) is 23.7 Å². The number of methoxy groups -OCH3 is 1. The molecule has 3 nitrogen and oxygen atoms in total. The molecule has 0 N–H and O–H groups in total. The molecule has 2 aromatic carbocycles. The number of halogens is 2. The van der Waals surface area contributed by atoms with Crippen LogP contribution in [0.25, 0.3) is 22.4 Å². The smallest absolute Gasteiger partial charge is 0.144 e. The number of hydrogen-bond donors (Lipinski definition) is 0. The fourth-order valence-electron chi connectivity index (χ4n) is 2.42. The molecule has 0 amide bonds. The van der Waals surface area contributed by atoms with Crippen LogP contribution in [-0.2, 0) is 6.54 Å². The Kier molecular flexibility index (Phi) is 3.63.